The highest BCUT2D eigenvalue weighted by Crippen LogP contribution is 2.28. The summed E-state index contributed by atoms with van der Waals surface area (Å²) in [6.07, 6.45) is 0. The number of carboxylic acid groups (broad SMARTS) is 1. The number of carbonyl (C=O) groups is 1. The minimum atomic E-state index is -1.01. The van der Waals surface area contributed by atoms with Gasteiger partial charge in [-0.3, -0.25) is 4.79 Å². The Hall–Kier alpha value is -3.73. The van der Waals surface area contributed by atoms with Gasteiger partial charge in [0.25, 0.3) is 5.56 Å². The summed E-state index contributed by atoms with van der Waals surface area (Å²) in [4.78, 5) is 24.2. The summed E-state index contributed by atoms with van der Waals surface area (Å²) in [5.41, 5.74) is 4.29. The average molecular weight is 370 g/mol. The zero-order chi connectivity index (χ0) is 19.8. The Balaban J connectivity index is 2.03. The fourth-order valence-corrected chi connectivity index (χ4v) is 3.30. The number of aromatic carboxylic acids is 1. The second-order valence-corrected chi connectivity index (χ2v) is 6.78. The Morgan fingerprint density at radius 2 is 1.61 bits per heavy atom. The van der Waals surface area contributed by atoms with Gasteiger partial charge in [-0.05, 0) is 55.8 Å². The van der Waals surface area contributed by atoms with Crippen LogP contribution in [-0.4, -0.2) is 20.9 Å². The van der Waals surface area contributed by atoms with E-state index in [1.165, 1.54) is 16.8 Å². The molecule has 3 aromatic carbocycles. The normalized spacial score (nSPS) is 10.9. The SMILES string of the molecule is Cc1ccc(C)c(-c2nn(-c3ccc(C(=O)O)cc3)c(=O)c3ccccc23)c1. The van der Waals surface area contributed by atoms with E-state index in [-0.39, 0.29) is 11.1 Å². The van der Waals surface area contributed by atoms with Gasteiger partial charge in [-0.1, -0.05) is 35.9 Å². The molecule has 4 rings (SSSR count). The van der Waals surface area contributed by atoms with Crippen LogP contribution in [0.1, 0.15) is 21.5 Å². The number of hydrogen-bond acceptors (Lipinski definition) is 3. The van der Waals surface area contributed by atoms with Crippen LogP contribution in [-0.2, 0) is 0 Å². The number of benzene rings is 3. The predicted molar refractivity (Wildman–Crippen MR) is 109 cm³/mol. The van der Waals surface area contributed by atoms with Crippen molar-refractivity contribution >= 4 is 16.7 Å². The molecular weight excluding hydrogens is 352 g/mol. The molecule has 5 heteroatoms. The lowest BCUT2D eigenvalue weighted by Crippen LogP contribution is -2.22. The molecule has 0 aliphatic heterocycles. The summed E-state index contributed by atoms with van der Waals surface area (Å²) >= 11 is 0. The summed E-state index contributed by atoms with van der Waals surface area (Å²) in [5.74, 6) is -1.01. The van der Waals surface area contributed by atoms with Gasteiger partial charge < -0.3 is 5.11 Å². The van der Waals surface area contributed by atoms with Gasteiger partial charge in [0.2, 0.25) is 0 Å². The summed E-state index contributed by atoms with van der Waals surface area (Å²) in [5, 5.41) is 15.1. The van der Waals surface area contributed by atoms with Crippen molar-refractivity contribution in [1.29, 1.82) is 0 Å². The monoisotopic (exact) mass is 370 g/mol. The third-order valence-electron chi connectivity index (χ3n) is 4.81. The zero-order valence-electron chi connectivity index (χ0n) is 15.5. The van der Waals surface area contributed by atoms with E-state index < -0.39 is 5.97 Å². The van der Waals surface area contributed by atoms with Crippen LogP contribution in [0.4, 0.5) is 0 Å². The molecule has 138 valence electrons. The summed E-state index contributed by atoms with van der Waals surface area (Å²) in [6.45, 7) is 4.04. The molecule has 0 saturated heterocycles. The van der Waals surface area contributed by atoms with Crippen molar-refractivity contribution in [3.63, 3.8) is 0 Å². The molecule has 28 heavy (non-hydrogen) atoms. The average Bonchev–Trinajstić information content (AvgIpc) is 2.71. The molecule has 0 fully saturated rings. The van der Waals surface area contributed by atoms with Gasteiger partial charge in [0.1, 0.15) is 0 Å². The standard InChI is InChI=1S/C23H18N2O3/c1-14-7-8-15(2)20(13-14)21-18-5-3-4-6-19(18)22(26)25(24-21)17-11-9-16(10-12-17)23(27)28/h3-13H,1-2H3,(H,27,28). The molecule has 0 radical (unpaired) electrons. The molecular formula is C23H18N2O3. The quantitative estimate of drug-likeness (QED) is 0.581. The van der Waals surface area contributed by atoms with E-state index >= 15 is 0 Å². The zero-order valence-corrected chi connectivity index (χ0v) is 15.5. The van der Waals surface area contributed by atoms with Crippen molar-refractivity contribution < 1.29 is 9.90 Å². The molecule has 0 aliphatic carbocycles. The molecule has 1 N–H and O–H groups in total. The van der Waals surface area contributed by atoms with Crippen LogP contribution in [0.25, 0.3) is 27.7 Å². The first-order valence-corrected chi connectivity index (χ1v) is 8.89. The Kier molecular flexibility index (Phi) is 4.28. The van der Waals surface area contributed by atoms with Gasteiger partial charge in [0, 0.05) is 10.9 Å². The molecule has 0 aliphatic rings. The van der Waals surface area contributed by atoms with Crippen molar-refractivity contribution in [2.75, 3.05) is 0 Å². The first-order valence-electron chi connectivity index (χ1n) is 8.89. The summed E-state index contributed by atoms with van der Waals surface area (Å²) in [7, 11) is 0. The fraction of sp³-hybridized carbons (Fsp3) is 0.0870. The van der Waals surface area contributed by atoms with Gasteiger partial charge in [0.15, 0.2) is 0 Å². The molecule has 4 aromatic rings. The number of nitrogens with zero attached hydrogens (tertiary/aromatic N) is 2. The van der Waals surface area contributed by atoms with E-state index in [1.54, 1.807) is 18.2 Å². The number of aromatic nitrogens is 2. The van der Waals surface area contributed by atoms with E-state index in [0.29, 0.717) is 11.1 Å². The first-order chi connectivity index (χ1) is 13.5. The Morgan fingerprint density at radius 1 is 0.929 bits per heavy atom. The number of fused-ring (bicyclic) bond motifs is 1. The minimum Gasteiger partial charge on any atom is -0.478 e. The van der Waals surface area contributed by atoms with Crippen LogP contribution in [0.15, 0.2) is 71.5 Å². The Labute approximate surface area is 161 Å². The molecule has 0 spiro atoms. The third-order valence-corrected chi connectivity index (χ3v) is 4.81. The van der Waals surface area contributed by atoms with E-state index in [0.717, 1.165) is 27.8 Å². The highest BCUT2D eigenvalue weighted by Gasteiger charge is 2.15. The second kappa shape index (κ2) is 6.78. The van der Waals surface area contributed by atoms with Crippen LogP contribution in [0.5, 0.6) is 0 Å². The maximum absolute atomic E-state index is 13.1. The lowest BCUT2D eigenvalue weighted by atomic mass is 9.99. The lowest BCUT2D eigenvalue weighted by molar-refractivity contribution is 0.0697. The van der Waals surface area contributed by atoms with Crippen LogP contribution in [0.2, 0.25) is 0 Å². The van der Waals surface area contributed by atoms with E-state index in [9.17, 15) is 9.59 Å². The van der Waals surface area contributed by atoms with Gasteiger partial charge >= 0.3 is 5.97 Å². The number of hydrogen-bond donors (Lipinski definition) is 1. The third kappa shape index (κ3) is 2.97. The fourth-order valence-electron chi connectivity index (χ4n) is 3.30. The van der Waals surface area contributed by atoms with Crippen molar-refractivity contribution in [3.8, 4) is 16.9 Å². The molecule has 0 unspecified atom stereocenters. The molecule has 0 bridgehead atoms. The van der Waals surface area contributed by atoms with Crippen molar-refractivity contribution in [3.05, 3.63) is 93.8 Å². The summed E-state index contributed by atoms with van der Waals surface area (Å²) < 4.78 is 1.34. The largest absolute Gasteiger partial charge is 0.478 e. The molecule has 0 saturated carbocycles. The van der Waals surface area contributed by atoms with E-state index in [1.807, 2.05) is 44.2 Å². The maximum Gasteiger partial charge on any atom is 0.335 e. The topological polar surface area (TPSA) is 72.2 Å². The molecule has 0 atom stereocenters. The minimum absolute atomic E-state index is 0.160. The molecule has 1 heterocycles. The number of carboxylic acids is 1. The van der Waals surface area contributed by atoms with Crippen molar-refractivity contribution in [1.82, 2.24) is 9.78 Å². The van der Waals surface area contributed by atoms with Crippen LogP contribution in [0.3, 0.4) is 0 Å². The van der Waals surface area contributed by atoms with E-state index in [4.69, 9.17) is 5.11 Å². The van der Waals surface area contributed by atoms with Crippen LogP contribution < -0.4 is 5.56 Å². The first kappa shape index (κ1) is 17.7. The van der Waals surface area contributed by atoms with Crippen molar-refractivity contribution in [2.24, 2.45) is 0 Å². The highest BCUT2D eigenvalue weighted by atomic mass is 16.4. The Bertz CT molecular complexity index is 1270. The van der Waals surface area contributed by atoms with Gasteiger partial charge in [-0.25, -0.2) is 4.79 Å². The number of aryl methyl sites for hydroxylation is 2. The highest BCUT2D eigenvalue weighted by molar-refractivity contribution is 5.94. The number of rotatable bonds is 3. The lowest BCUT2D eigenvalue weighted by Gasteiger charge is -2.13. The van der Waals surface area contributed by atoms with Gasteiger partial charge in [-0.15, -0.1) is 0 Å². The van der Waals surface area contributed by atoms with E-state index in [2.05, 4.69) is 11.2 Å². The molecule has 5 nitrogen and oxygen atoms in total. The molecule has 1 aromatic heterocycles. The van der Waals surface area contributed by atoms with Crippen LogP contribution in [0, 0.1) is 13.8 Å². The second-order valence-electron chi connectivity index (χ2n) is 6.78. The maximum atomic E-state index is 13.1. The van der Waals surface area contributed by atoms with Crippen LogP contribution >= 0.6 is 0 Å². The summed E-state index contributed by atoms with van der Waals surface area (Å²) in [6, 6.07) is 19.7. The van der Waals surface area contributed by atoms with Gasteiger partial charge in [0.05, 0.1) is 22.3 Å². The molecule has 0 amide bonds. The smallest absolute Gasteiger partial charge is 0.335 e. The van der Waals surface area contributed by atoms with Gasteiger partial charge in [-0.2, -0.15) is 9.78 Å². The predicted octanol–water partition coefficient (Wildman–Crippen LogP) is 4.37. The Morgan fingerprint density at radius 3 is 2.29 bits per heavy atom. The van der Waals surface area contributed by atoms with Crippen molar-refractivity contribution in [2.45, 2.75) is 13.8 Å².